The number of benzene rings is 1. The van der Waals surface area contributed by atoms with Gasteiger partial charge in [-0.2, -0.15) is 18.3 Å². The van der Waals surface area contributed by atoms with Crippen LogP contribution in [0.1, 0.15) is 29.9 Å². The molecule has 4 nitrogen and oxygen atoms in total. The van der Waals surface area contributed by atoms with Crippen molar-refractivity contribution in [3.8, 4) is 0 Å². The van der Waals surface area contributed by atoms with E-state index in [1.807, 2.05) is 6.92 Å². The molecule has 0 aliphatic rings. The van der Waals surface area contributed by atoms with Crippen LogP contribution in [0.5, 0.6) is 0 Å². The molecule has 0 saturated heterocycles. The zero-order valence-electron chi connectivity index (χ0n) is 11.2. The van der Waals surface area contributed by atoms with E-state index in [0.717, 1.165) is 12.1 Å². The van der Waals surface area contributed by atoms with E-state index in [4.69, 9.17) is 5.73 Å². The van der Waals surface area contributed by atoms with Crippen molar-refractivity contribution in [1.29, 1.82) is 0 Å². The van der Waals surface area contributed by atoms with Crippen molar-refractivity contribution in [3.05, 3.63) is 46.0 Å². The Labute approximate surface area is 128 Å². The monoisotopic (exact) mass is 362 g/mol. The Kier molecular flexibility index (Phi) is 4.67. The summed E-state index contributed by atoms with van der Waals surface area (Å²) >= 11 is 3.25. The van der Waals surface area contributed by atoms with E-state index in [-0.39, 0.29) is 0 Å². The second-order valence-corrected chi connectivity index (χ2v) is 5.39. The zero-order chi connectivity index (χ0) is 15.6. The molecule has 0 aliphatic heterocycles. The summed E-state index contributed by atoms with van der Waals surface area (Å²) < 4.78 is 40.5. The van der Waals surface area contributed by atoms with Gasteiger partial charge in [0.25, 0.3) is 0 Å². The number of nitrogens with two attached hydrogens (primary N) is 1. The summed E-state index contributed by atoms with van der Waals surface area (Å²) in [4.78, 5) is 4.09. The SMILES string of the molecule is CCn1ncnc1CC(N)c1cc(C(F)(F)F)ccc1Br. The number of alkyl halides is 3. The maximum Gasteiger partial charge on any atom is 0.416 e. The fourth-order valence-electron chi connectivity index (χ4n) is 2.02. The van der Waals surface area contributed by atoms with E-state index >= 15 is 0 Å². The lowest BCUT2D eigenvalue weighted by atomic mass is 10.0. The largest absolute Gasteiger partial charge is 0.416 e. The lowest BCUT2D eigenvalue weighted by Crippen LogP contribution is -2.18. The van der Waals surface area contributed by atoms with Crippen LogP contribution in [-0.2, 0) is 19.1 Å². The van der Waals surface area contributed by atoms with E-state index in [2.05, 4.69) is 26.0 Å². The van der Waals surface area contributed by atoms with Crippen LogP contribution in [0.2, 0.25) is 0 Å². The second kappa shape index (κ2) is 6.15. The highest BCUT2D eigenvalue weighted by Gasteiger charge is 2.31. The lowest BCUT2D eigenvalue weighted by Gasteiger charge is -2.16. The molecule has 0 bridgehead atoms. The molecule has 0 amide bonds. The third-order valence-corrected chi connectivity index (χ3v) is 3.84. The quantitative estimate of drug-likeness (QED) is 0.907. The van der Waals surface area contributed by atoms with E-state index in [1.165, 1.54) is 12.4 Å². The highest BCUT2D eigenvalue weighted by Crippen LogP contribution is 2.34. The Morgan fingerprint density at radius 1 is 1.38 bits per heavy atom. The van der Waals surface area contributed by atoms with Crippen LogP contribution >= 0.6 is 15.9 Å². The predicted octanol–water partition coefficient (Wildman–Crippen LogP) is 3.32. The summed E-state index contributed by atoms with van der Waals surface area (Å²) in [6.07, 6.45) is -2.67. The van der Waals surface area contributed by atoms with Crippen LogP contribution in [0, 0.1) is 0 Å². The molecule has 2 N–H and O–H groups in total. The highest BCUT2D eigenvalue weighted by atomic mass is 79.9. The minimum atomic E-state index is -4.39. The molecular weight excluding hydrogens is 349 g/mol. The van der Waals surface area contributed by atoms with Crippen molar-refractivity contribution >= 4 is 15.9 Å². The van der Waals surface area contributed by atoms with Crippen molar-refractivity contribution < 1.29 is 13.2 Å². The Balaban J connectivity index is 2.28. The Bertz CT molecular complexity index is 624. The molecule has 0 spiro atoms. The van der Waals surface area contributed by atoms with Gasteiger partial charge in [0.05, 0.1) is 5.56 Å². The Morgan fingerprint density at radius 2 is 2.10 bits per heavy atom. The summed E-state index contributed by atoms with van der Waals surface area (Å²) in [5.74, 6) is 0.648. The smallest absolute Gasteiger partial charge is 0.324 e. The molecule has 1 aromatic heterocycles. The van der Waals surface area contributed by atoms with Gasteiger partial charge in [0.15, 0.2) is 0 Å². The molecule has 21 heavy (non-hydrogen) atoms. The first-order valence-electron chi connectivity index (χ1n) is 6.31. The fraction of sp³-hybridized carbons (Fsp3) is 0.385. The number of rotatable bonds is 4. The van der Waals surface area contributed by atoms with Gasteiger partial charge >= 0.3 is 6.18 Å². The van der Waals surface area contributed by atoms with Crippen LogP contribution in [0.25, 0.3) is 0 Å². The van der Waals surface area contributed by atoms with E-state index in [1.54, 1.807) is 4.68 Å². The van der Waals surface area contributed by atoms with Crippen LogP contribution in [-0.4, -0.2) is 14.8 Å². The van der Waals surface area contributed by atoms with E-state index in [0.29, 0.717) is 28.8 Å². The average Bonchev–Trinajstić information content (AvgIpc) is 2.84. The number of aromatic nitrogens is 3. The molecule has 0 radical (unpaired) electrons. The number of nitrogens with zero attached hydrogens (tertiary/aromatic N) is 3. The van der Waals surface area contributed by atoms with Gasteiger partial charge in [-0.15, -0.1) is 0 Å². The van der Waals surface area contributed by atoms with Gasteiger partial charge in [-0.3, -0.25) is 4.68 Å². The third kappa shape index (κ3) is 3.62. The van der Waals surface area contributed by atoms with Gasteiger partial charge in [0, 0.05) is 23.5 Å². The highest BCUT2D eigenvalue weighted by molar-refractivity contribution is 9.10. The molecule has 0 fully saturated rings. The van der Waals surface area contributed by atoms with Crippen LogP contribution in [0.3, 0.4) is 0 Å². The van der Waals surface area contributed by atoms with Crippen molar-refractivity contribution in [2.45, 2.75) is 32.1 Å². The summed E-state index contributed by atoms with van der Waals surface area (Å²) in [5, 5.41) is 4.02. The minimum Gasteiger partial charge on any atom is -0.324 e. The maximum atomic E-state index is 12.8. The van der Waals surface area contributed by atoms with Gasteiger partial charge in [0.1, 0.15) is 12.2 Å². The predicted molar refractivity (Wildman–Crippen MR) is 75.5 cm³/mol. The maximum absolute atomic E-state index is 12.8. The third-order valence-electron chi connectivity index (χ3n) is 3.12. The van der Waals surface area contributed by atoms with Gasteiger partial charge in [0.2, 0.25) is 0 Å². The molecule has 0 saturated carbocycles. The first-order chi connectivity index (χ1) is 9.82. The molecule has 2 aromatic rings. The average molecular weight is 363 g/mol. The first kappa shape index (κ1) is 16.0. The molecular formula is C13H14BrF3N4. The zero-order valence-corrected chi connectivity index (χ0v) is 12.8. The molecule has 1 aromatic carbocycles. The van der Waals surface area contributed by atoms with Gasteiger partial charge < -0.3 is 5.73 Å². The summed E-state index contributed by atoms with van der Waals surface area (Å²) in [6.45, 7) is 2.54. The molecule has 1 unspecified atom stereocenters. The first-order valence-corrected chi connectivity index (χ1v) is 7.11. The van der Waals surface area contributed by atoms with Gasteiger partial charge in [-0.05, 0) is 30.7 Å². The number of hydrogen-bond acceptors (Lipinski definition) is 3. The summed E-state index contributed by atoms with van der Waals surface area (Å²) in [6, 6.07) is 2.86. The molecule has 2 rings (SSSR count). The molecule has 1 atom stereocenters. The summed E-state index contributed by atoms with van der Waals surface area (Å²) in [5.41, 5.74) is 5.73. The topological polar surface area (TPSA) is 56.7 Å². The van der Waals surface area contributed by atoms with E-state index < -0.39 is 17.8 Å². The lowest BCUT2D eigenvalue weighted by molar-refractivity contribution is -0.137. The number of aryl methyl sites for hydroxylation is 1. The molecule has 1 heterocycles. The van der Waals surface area contributed by atoms with Crippen molar-refractivity contribution in [2.24, 2.45) is 5.73 Å². The van der Waals surface area contributed by atoms with Crippen LogP contribution in [0.4, 0.5) is 13.2 Å². The number of hydrogen-bond donors (Lipinski definition) is 1. The second-order valence-electron chi connectivity index (χ2n) is 4.54. The Morgan fingerprint density at radius 3 is 2.71 bits per heavy atom. The van der Waals surface area contributed by atoms with Gasteiger partial charge in [-0.1, -0.05) is 15.9 Å². The number of halogens is 4. The molecule has 8 heteroatoms. The molecule has 0 aliphatic carbocycles. The normalized spacial score (nSPS) is 13.4. The minimum absolute atomic E-state index is 0.313. The van der Waals surface area contributed by atoms with Crippen LogP contribution < -0.4 is 5.73 Å². The van der Waals surface area contributed by atoms with Crippen LogP contribution in [0.15, 0.2) is 29.0 Å². The van der Waals surface area contributed by atoms with Gasteiger partial charge in [-0.25, -0.2) is 4.98 Å². The van der Waals surface area contributed by atoms with E-state index in [9.17, 15) is 13.2 Å². The fourth-order valence-corrected chi connectivity index (χ4v) is 2.56. The Hall–Kier alpha value is -1.41. The standard InChI is InChI=1S/C13H14BrF3N4/c1-2-21-12(19-7-20-21)6-11(18)9-5-8(13(15,16)17)3-4-10(9)14/h3-5,7,11H,2,6,18H2,1H3. The van der Waals surface area contributed by atoms with Crippen molar-refractivity contribution in [1.82, 2.24) is 14.8 Å². The molecule has 114 valence electrons. The summed E-state index contributed by atoms with van der Waals surface area (Å²) in [7, 11) is 0. The van der Waals surface area contributed by atoms with Crippen molar-refractivity contribution in [3.63, 3.8) is 0 Å². The van der Waals surface area contributed by atoms with Crippen molar-refractivity contribution in [2.75, 3.05) is 0 Å².